The van der Waals surface area contributed by atoms with E-state index < -0.39 is 25.5 Å². The molecule has 0 aromatic heterocycles. The van der Waals surface area contributed by atoms with Crippen LogP contribution in [0.25, 0.3) is 0 Å². The summed E-state index contributed by atoms with van der Waals surface area (Å²) in [5.74, 6) is -2.74. The van der Waals surface area contributed by atoms with Crippen LogP contribution in [0.2, 0.25) is 19.6 Å². The minimum atomic E-state index is -1.91. The first kappa shape index (κ1) is 10.3. The van der Waals surface area contributed by atoms with Crippen LogP contribution in [0.4, 0.5) is 13.2 Å². The highest BCUT2D eigenvalue weighted by Gasteiger charge is 2.22. The van der Waals surface area contributed by atoms with Gasteiger partial charge in [0.05, 0.1) is 8.07 Å². The molecule has 4 heteroatoms. The number of benzene rings is 1. The third kappa shape index (κ3) is 2.12. The number of hydrogen-bond acceptors (Lipinski definition) is 0. The van der Waals surface area contributed by atoms with Crippen molar-refractivity contribution >= 4 is 13.3 Å². The van der Waals surface area contributed by atoms with Crippen LogP contribution in [0.15, 0.2) is 12.1 Å². The zero-order chi connectivity index (χ0) is 10.2. The lowest BCUT2D eigenvalue weighted by Gasteiger charge is -2.17. The average molecular weight is 204 g/mol. The van der Waals surface area contributed by atoms with Gasteiger partial charge in [-0.3, -0.25) is 0 Å². The molecule has 0 saturated carbocycles. The maximum Gasteiger partial charge on any atom is 0.161 e. The smallest absolute Gasteiger partial charge is 0.161 e. The van der Waals surface area contributed by atoms with E-state index in [1.54, 1.807) is 0 Å². The van der Waals surface area contributed by atoms with Crippen molar-refractivity contribution in [3.63, 3.8) is 0 Å². The second kappa shape index (κ2) is 3.18. The van der Waals surface area contributed by atoms with Gasteiger partial charge in [0, 0.05) is 6.07 Å². The number of halogens is 3. The normalized spacial score (nSPS) is 11.8. The number of hydrogen-bond donors (Lipinski definition) is 0. The summed E-state index contributed by atoms with van der Waals surface area (Å²) in [5, 5.41) is 0.325. The largest absolute Gasteiger partial charge is 0.207 e. The molecule has 1 rings (SSSR count). The molecule has 13 heavy (non-hydrogen) atoms. The van der Waals surface area contributed by atoms with Crippen LogP contribution in [0, 0.1) is 17.5 Å². The topological polar surface area (TPSA) is 0 Å². The molecule has 0 saturated heterocycles. The van der Waals surface area contributed by atoms with Crippen molar-refractivity contribution in [1.29, 1.82) is 0 Å². The minimum Gasteiger partial charge on any atom is -0.207 e. The molecule has 0 N–H and O–H groups in total. The summed E-state index contributed by atoms with van der Waals surface area (Å²) >= 11 is 0. The molecule has 0 radical (unpaired) electrons. The molecule has 0 unspecified atom stereocenters. The highest BCUT2D eigenvalue weighted by Crippen LogP contribution is 2.11. The van der Waals surface area contributed by atoms with E-state index in [4.69, 9.17) is 0 Å². The summed E-state index contributed by atoms with van der Waals surface area (Å²) < 4.78 is 38.5. The van der Waals surface area contributed by atoms with Gasteiger partial charge in [0.1, 0.15) is 5.82 Å². The molecule has 0 spiro atoms. The van der Waals surface area contributed by atoms with E-state index in [1.165, 1.54) is 0 Å². The van der Waals surface area contributed by atoms with Gasteiger partial charge in [0.15, 0.2) is 11.6 Å². The fraction of sp³-hybridized carbons (Fsp3) is 0.333. The van der Waals surface area contributed by atoms with Crippen molar-refractivity contribution in [1.82, 2.24) is 0 Å². The standard InChI is InChI=1S/C9H11F3Si/c1-13(2,3)9-5-7(11)6(10)4-8(9)12/h4-5H,1-3H3. The van der Waals surface area contributed by atoms with Crippen LogP contribution < -0.4 is 5.19 Å². The minimum absolute atomic E-state index is 0.325. The predicted octanol–water partition coefficient (Wildman–Crippen LogP) is 2.65. The lowest BCUT2D eigenvalue weighted by Crippen LogP contribution is -2.40. The fourth-order valence-electron chi connectivity index (χ4n) is 1.10. The summed E-state index contributed by atoms with van der Waals surface area (Å²) in [6.45, 7) is 5.63. The summed E-state index contributed by atoms with van der Waals surface area (Å²) in [4.78, 5) is 0. The van der Waals surface area contributed by atoms with E-state index in [-0.39, 0.29) is 0 Å². The lowest BCUT2D eigenvalue weighted by molar-refractivity contribution is 0.497. The van der Waals surface area contributed by atoms with E-state index in [1.807, 2.05) is 19.6 Å². The van der Waals surface area contributed by atoms with Crippen molar-refractivity contribution < 1.29 is 13.2 Å². The Morgan fingerprint density at radius 2 is 1.31 bits per heavy atom. The Kier molecular flexibility index (Phi) is 2.52. The van der Waals surface area contributed by atoms with Crippen molar-refractivity contribution in [2.45, 2.75) is 19.6 Å². The first-order chi connectivity index (χ1) is 5.82. The van der Waals surface area contributed by atoms with Crippen molar-refractivity contribution in [3.05, 3.63) is 29.6 Å². The van der Waals surface area contributed by atoms with E-state index in [0.29, 0.717) is 11.3 Å². The van der Waals surface area contributed by atoms with Gasteiger partial charge in [0.2, 0.25) is 0 Å². The summed E-state index contributed by atoms with van der Waals surface area (Å²) in [5.41, 5.74) is 0. The highest BCUT2D eigenvalue weighted by molar-refractivity contribution is 6.88. The van der Waals surface area contributed by atoms with Crippen LogP contribution in [0.3, 0.4) is 0 Å². The van der Waals surface area contributed by atoms with E-state index in [2.05, 4.69) is 0 Å². The van der Waals surface area contributed by atoms with Gasteiger partial charge in [-0.1, -0.05) is 19.6 Å². The second-order valence-corrected chi connectivity index (χ2v) is 9.03. The molecule has 0 fully saturated rings. The Hall–Kier alpha value is -0.773. The molecule has 72 valence electrons. The van der Waals surface area contributed by atoms with E-state index in [9.17, 15) is 13.2 Å². The fourth-order valence-corrected chi connectivity index (χ4v) is 2.45. The molecule has 0 nitrogen and oxygen atoms in total. The molecule has 0 heterocycles. The Morgan fingerprint density at radius 1 is 0.846 bits per heavy atom. The van der Waals surface area contributed by atoms with Gasteiger partial charge in [-0.25, -0.2) is 13.2 Å². The van der Waals surface area contributed by atoms with Crippen LogP contribution in [0.1, 0.15) is 0 Å². The molecule has 0 amide bonds. The molecular formula is C9H11F3Si. The molecule has 1 aromatic rings. The molecule has 0 bridgehead atoms. The number of rotatable bonds is 1. The van der Waals surface area contributed by atoms with Crippen LogP contribution >= 0.6 is 0 Å². The molecule has 0 aliphatic rings. The summed E-state index contributed by atoms with van der Waals surface area (Å²) in [6.07, 6.45) is 0. The first-order valence-corrected chi connectivity index (χ1v) is 7.47. The Labute approximate surface area is 76.4 Å². The molecular weight excluding hydrogens is 193 g/mol. The van der Waals surface area contributed by atoms with Crippen molar-refractivity contribution in [3.8, 4) is 0 Å². The molecule has 0 aliphatic carbocycles. The third-order valence-electron chi connectivity index (χ3n) is 1.82. The maximum absolute atomic E-state index is 13.2. The van der Waals surface area contributed by atoms with Gasteiger partial charge in [0.25, 0.3) is 0 Å². The predicted molar refractivity (Wildman–Crippen MR) is 49.3 cm³/mol. The van der Waals surface area contributed by atoms with Crippen molar-refractivity contribution in [2.75, 3.05) is 0 Å². The van der Waals surface area contributed by atoms with E-state index >= 15 is 0 Å². The second-order valence-electron chi connectivity index (χ2n) is 4.00. The SMILES string of the molecule is C[Si](C)(C)c1cc(F)c(F)cc1F. The highest BCUT2D eigenvalue weighted by atomic mass is 28.3. The first-order valence-electron chi connectivity index (χ1n) is 3.97. The Bertz CT molecular complexity index is 328. The Morgan fingerprint density at radius 3 is 1.77 bits per heavy atom. The van der Waals surface area contributed by atoms with Gasteiger partial charge in [-0.05, 0) is 11.3 Å². The van der Waals surface area contributed by atoms with Gasteiger partial charge >= 0.3 is 0 Å². The lowest BCUT2D eigenvalue weighted by atomic mass is 10.3. The quantitative estimate of drug-likeness (QED) is 0.487. The third-order valence-corrected chi connectivity index (χ3v) is 3.82. The van der Waals surface area contributed by atoms with Gasteiger partial charge in [-0.2, -0.15) is 0 Å². The van der Waals surface area contributed by atoms with Crippen LogP contribution in [0.5, 0.6) is 0 Å². The van der Waals surface area contributed by atoms with Crippen molar-refractivity contribution in [2.24, 2.45) is 0 Å². The van der Waals surface area contributed by atoms with E-state index in [0.717, 1.165) is 6.07 Å². The molecule has 0 atom stereocenters. The van der Waals surface area contributed by atoms with Gasteiger partial charge < -0.3 is 0 Å². The Balaban J connectivity index is 3.32. The van der Waals surface area contributed by atoms with Crippen LogP contribution in [-0.4, -0.2) is 8.07 Å². The average Bonchev–Trinajstić information content (AvgIpc) is 1.94. The molecule has 1 aromatic carbocycles. The monoisotopic (exact) mass is 204 g/mol. The zero-order valence-electron chi connectivity index (χ0n) is 7.79. The molecule has 0 aliphatic heterocycles. The van der Waals surface area contributed by atoms with Crippen LogP contribution in [-0.2, 0) is 0 Å². The zero-order valence-corrected chi connectivity index (χ0v) is 8.79. The summed E-state index contributed by atoms with van der Waals surface area (Å²) in [7, 11) is -1.91. The van der Waals surface area contributed by atoms with Gasteiger partial charge in [-0.15, -0.1) is 0 Å². The summed E-state index contributed by atoms with van der Waals surface area (Å²) in [6, 6.07) is 1.58. The maximum atomic E-state index is 13.2.